The maximum atomic E-state index is 11.2. The first-order valence-electron chi connectivity index (χ1n) is 4.66. The largest absolute Gasteiger partial charge is 0.324 e. The normalized spacial score (nSPS) is 9.69. The molecule has 0 fully saturated rings. The second-order valence-corrected chi connectivity index (χ2v) is 6.06. The summed E-state index contributed by atoms with van der Waals surface area (Å²) in [5.41, 5.74) is 8.39. The molecule has 6 heteroatoms. The molecular weight excluding hydrogens is 225 g/mol. The van der Waals surface area contributed by atoms with Gasteiger partial charge in [0.1, 0.15) is 0 Å². The fourth-order valence-corrected chi connectivity index (χ4v) is 1.26. The van der Waals surface area contributed by atoms with E-state index in [0.717, 1.165) is 5.56 Å². The average Bonchev–Trinajstić information content (AvgIpc) is 2.27. The number of rotatable bonds is 3. The molecule has 0 unspecified atom stereocenters. The zero-order valence-electron chi connectivity index (χ0n) is 9.70. The van der Waals surface area contributed by atoms with E-state index in [9.17, 15) is 4.57 Å². The highest BCUT2D eigenvalue weighted by Crippen LogP contribution is 2.38. The molecule has 0 heterocycles. The molecule has 0 aromatic heterocycles. The van der Waals surface area contributed by atoms with Crippen molar-refractivity contribution < 1.29 is 9.09 Å². The highest BCUT2D eigenvalue weighted by molar-refractivity contribution is 7.57. The minimum atomic E-state index is -2.33. The van der Waals surface area contributed by atoms with Gasteiger partial charge in [0.05, 0.1) is 6.61 Å². The standard InChI is InChI=1S/C9H13O2P.CH3N3/c1-12(2,10)11-8-9-6-4-3-5-7-9;1-3-4-2/h3-7H,8H2,1-2H3;1H3. The van der Waals surface area contributed by atoms with E-state index in [-0.39, 0.29) is 0 Å². The van der Waals surface area contributed by atoms with E-state index in [2.05, 4.69) is 10.0 Å². The van der Waals surface area contributed by atoms with Gasteiger partial charge in [-0.05, 0) is 11.1 Å². The van der Waals surface area contributed by atoms with E-state index in [4.69, 9.17) is 10.1 Å². The summed E-state index contributed by atoms with van der Waals surface area (Å²) < 4.78 is 16.3. The quantitative estimate of drug-likeness (QED) is 0.350. The highest BCUT2D eigenvalue weighted by Gasteiger charge is 2.05. The Kier molecular flexibility index (Phi) is 7.31. The van der Waals surface area contributed by atoms with Crippen molar-refractivity contribution in [3.63, 3.8) is 0 Å². The van der Waals surface area contributed by atoms with Gasteiger partial charge in [-0.3, -0.25) is 4.57 Å². The predicted molar refractivity (Wildman–Crippen MR) is 65.8 cm³/mol. The van der Waals surface area contributed by atoms with Crippen LogP contribution in [-0.2, 0) is 15.7 Å². The van der Waals surface area contributed by atoms with Crippen LogP contribution in [0.25, 0.3) is 10.4 Å². The summed E-state index contributed by atoms with van der Waals surface area (Å²) in [6.07, 6.45) is 0. The second-order valence-electron chi connectivity index (χ2n) is 3.30. The molecule has 0 radical (unpaired) electrons. The summed E-state index contributed by atoms with van der Waals surface area (Å²) in [5.74, 6) is 0. The van der Waals surface area contributed by atoms with Crippen LogP contribution >= 0.6 is 7.37 Å². The molecule has 0 aliphatic heterocycles. The minimum absolute atomic E-state index is 0.436. The minimum Gasteiger partial charge on any atom is -0.324 e. The van der Waals surface area contributed by atoms with E-state index in [1.54, 1.807) is 13.3 Å². The van der Waals surface area contributed by atoms with Crippen molar-refractivity contribution in [3.05, 3.63) is 46.3 Å². The van der Waals surface area contributed by atoms with Gasteiger partial charge in [0.25, 0.3) is 0 Å². The van der Waals surface area contributed by atoms with Gasteiger partial charge >= 0.3 is 0 Å². The molecular formula is C10H16N3O2P. The van der Waals surface area contributed by atoms with Crippen LogP contribution in [0, 0.1) is 0 Å². The summed E-state index contributed by atoms with van der Waals surface area (Å²) in [5, 5.41) is 2.92. The summed E-state index contributed by atoms with van der Waals surface area (Å²) in [6.45, 7) is 3.68. The van der Waals surface area contributed by atoms with Crippen LogP contribution < -0.4 is 0 Å². The Morgan fingerprint density at radius 3 is 2.25 bits per heavy atom. The van der Waals surface area contributed by atoms with Gasteiger partial charge in [-0.1, -0.05) is 35.4 Å². The Balaban J connectivity index is 0.000000487. The lowest BCUT2D eigenvalue weighted by Gasteiger charge is -2.07. The van der Waals surface area contributed by atoms with Gasteiger partial charge in [0.15, 0.2) is 7.37 Å². The molecule has 16 heavy (non-hydrogen) atoms. The Bertz CT molecular complexity index is 382. The molecule has 0 bridgehead atoms. The summed E-state index contributed by atoms with van der Waals surface area (Å²) in [7, 11) is -0.942. The van der Waals surface area contributed by atoms with Crippen LogP contribution in [0.1, 0.15) is 5.56 Å². The van der Waals surface area contributed by atoms with Gasteiger partial charge in [-0.25, -0.2) is 0 Å². The van der Waals surface area contributed by atoms with Crippen LogP contribution in [-0.4, -0.2) is 20.4 Å². The molecule has 0 aliphatic rings. The number of benzene rings is 1. The van der Waals surface area contributed by atoms with Crippen LogP contribution in [0.5, 0.6) is 0 Å². The van der Waals surface area contributed by atoms with E-state index < -0.39 is 7.37 Å². The molecule has 0 atom stereocenters. The Labute approximate surface area is 95.5 Å². The lowest BCUT2D eigenvalue weighted by molar-refractivity contribution is 0.310. The van der Waals surface area contributed by atoms with Crippen molar-refractivity contribution in [1.29, 1.82) is 0 Å². The molecule has 0 saturated carbocycles. The number of azide groups is 1. The van der Waals surface area contributed by atoms with Gasteiger partial charge in [-0.15, -0.1) is 0 Å². The van der Waals surface area contributed by atoms with E-state index in [0.29, 0.717) is 6.61 Å². The molecule has 0 aliphatic carbocycles. The smallest absolute Gasteiger partial charge is 0.197 e. The SMILES string of the molecule is CN=[N+]=[N-].CP(C)(=O)OCc1ccccc1. The van der Waals surface area contributed by atoms with Gasteiger partial charge in [0.2, 0.25) is 0 Å². The monoisotopic (exact) mass is 241 g/mol. The van der Waals surface area contributed by atoms with Gasteiger partial charge < -0.3 is 4.52 Å². The van der Waals surface area contributed by atoms with E-state index >= 15 is 0 Å². The van der Waals surface area contributed by atoms with Crippen molar-refractivity contribution in [2.75, 3.05) is 20.4 Å². The first-order valence-corrected chi connectivity index (χ1v) is 7.18. The lowest BCUT2D eigenvalue weighted by atomic mass is 10.2. The van der Waals surface area contributed by atoms with Crippen molar-refractivity contribution >= 4 is 7.37 Å². The second kappa shape index (κ2) is 7.94. The third-order valence-electron chi connectivity index (χ3n) is 1.47. The van der Waals surface area contributed by atoms with Crippen molar-refractivity contribution in [2.24, 2.45) is 5.11 Å². The fraction of sp³-hybridized carbons (Fsp3) is 0.400. The van der Waals surface area contributed by atoms with E-state index in [1.807, 2.05) is 30.3 Å². The van der Waals surface area contributed by atoms with Gasteiger partial charge in [-0.2, -0.15) is 0 Å². The van der Waals surface area contributed by atoms with Crippen LogP contribution in [0.15, 0.2) is 35.4 Å². The summed E-state index contributed by atoms with van der Waals surface area (Å²) >= 11 is 0. The Hall–Kier alpha value is -1.28. The molecule has 1 aromatic carbocycles. The van der Waals surface area contributed by atoms with E-state index in [1.165, 1.54) is 7.05 Å². The predicted octanol–water partition coefficient (Wildman–Crippen LogP) is 3.67. The number of hydrogen-bond donors (Lipinski definition) is 0. The zero-order chi connectivity index (χ0) is 12.4. The number of nitrogens with zero attached hydrogens (tertiary/aromatic N) is 3. The van der Waals surface area contributed by atoms with Crippen LogP contribution in [0.2, 0.25) is 0 Å². The molecule has 1 aromatic rings. The van der Waals surface area contributed by atoms with Crippen LogP contribution in [0.4, 0.5) is 0 Å². The number of hydrogen-bond acceptors (Lipinski definition) is 3. The summed E-state index contributed by atoms with van der Waals surface area (Å²) in [6, 6.07) is 9.73. The molecule has 0 N–H and O–H groups in total. The molecule has 5 nitrogen and oxygen atoms in total. The Morgan fingerprint density at radius 1 is 1.38 bits per heavy atom. The maximum Gasteiger partial charge on any atom is 0.197 e. The molecule has 0 amide bonds. The van der Waals surface area contributed by atoms with Crippen molar-refractivity contribution in [2.45, 2.75) is 6.61 Å². The Morgan fingerprint density at radius 2 is 1.88 bits per heavy atom. The first-order chi connectivity index (χ1) is 7.49. The molecule has 88 valence electrons. The molecule has 0 saturated heterocycles. The highest BCUT2D eigenvalue weighted by atomic mass is 31.2. The topological polar surface area (TPSA) is 75.1 Å². The summed E-state index contributed by atoms with van der Waals surface area (Å²) in [4.78, 5) is 2.36. The maximum absolute atomic E-state index is 11.2. The molecule has 0 spiro atoms. The third-order valence-corrected chi connectivity index (χ3v) is 2.23. The van der Waals surface area contributed by atoms with Crippen LogP contribution in [0.3, 0.4) is 0 Å². The van der Waals surface area contributed by atoms with Crippen molar-refractivity contribution in [1.82, 2.24) is 0 Å². The first kappa shape index (κ1) is 14.7. The lowest BCUT2D eigenvalue weighted by Crippen LogP contribution is -1.88. The zero-order valence-corrected chi connectivity index (χ0v) is 10.6. The average molecular weight is 241 g/mol. The fourth-order valence-electron chi connectivity index (χ4n) is 0.804. The van der Waals surface area contributed by atoms with Gasteiger partial charge in [0, 0.05) is 25.3 Å². The third kappa shape index (κ3) is 9.28. The molecule has 1 rings (SSSR count). The van der Waals surface area contributed by atoms with Crippen molar-refractivity contribution in [3.8, 4) is 0 Å².